The molecule has 0 aliphatic heterocycles. The third-order valence-corrected chi connectivity index (χ3v) is 7.56. The first-order valence-corrected chi connectivity index (χ1v) is 9.21. The van der Waals surface area contributed by atoms with E-state index in [9.17, 15) is 0 Å². The zero-order valence-corrected chi connectivity index (χ0v) is 14.7. The quantitative estimate of drug-likeness (QED) is 0.932. The Bertz CT molecular complexity index is 822. The van der Waals surface area contributed by atoms with E-state index in [0.717, 1.165) is 17.3 Å². The lowest BCUT2D eigenvalue weighted by Crippen LogP contribution is -2.39. The topological polar surface area (TPSA) is 65.4 Å². The first-order chi connectivity index (χ1) is 11.4. The molecule has 2 bridgehead atoms. The van der Waals surface area contributed by atoms with Crippen molar-refractivity contribution in [2.75, 3.05) is 5.73 Å². The van der Waals surface area contributed by atoms with Crippen molar-refractivity contribution in [3.05, 3.63) is 17.8 Å². The lowest BCUT2D eigenvalue weighted by atomic mass is 9.70. The number of nitrogens with zero attached hydrogens (tertiary/aromatic N) is 3. The molecule has 2 N–H and O–H groups in total. The van der Waals surface area contributed by atoms with Crippen molar-refractivity contribution in [2.24, 2.45) is 16.7 Å². The molecule has 0 spiro atoms. The molecule has 5 rings (SSSR count). The number of anilines is 1. The Balaban J connectivity index is 1.54. The lowest BCUT2D eigenvalue weighted by Gasteiger charge is -2.39. The molecule has 5 heteroatoms. The Hall–Kier alpha value is -1.78. The average Bonchev–Trinajstić information content (AvgIpc) is 3.26. The van der Waals surface area contributed by atoms with Crippen LogP contribution in [0.3, 0.4) is 0 Å². The second-order valence-electron chi connectivity index (χ2n) is 8.87. The molecule has 0 saturated heterocycles. The molecule has 2 aromatic rings. The Morgan fingerprint density at radius 1 is 1.21 bits per heavy atom. The van der Waals surface area contributed by atoms with Crippen LogP contribution in [0.1, 0.15) is 64.4 Å². The highest BCUT2D eigenvalue weighted by atomic mass is 16.5. The molecule has 3 fully saturated rings. The van der Waals surface area contributed by atoms with Gasteiger partial charge in [0.1, 0.15) is 11.9 Å². The number of rotatable bonds is 3. The largest absolute Gasteiger partial charge is 0.489 e. The Labute approximate surface area is 142 Å². The maximum absolute atomic E-state index is 6.68. The summed E-state index contributed by atoms with van der Waals surface area (Å²) < 4.78 is 8.56. The van der Waals surface area contributed by atoms with Gasteiger partial charge in [0.25, 0.3) is 0 Å². The van der Waals surface area contributed by atoms with Crippen LogP contribution in [-0.2, 0) is 0 Å². The fraction of sp³-hybridized carbons (Fsp3) is 0.684. The van der Waals surface area contributed by atoms with E-state index in [2.05, 4.69) is 37.2 Å². The fourth-order valence-electron chi connectivity index (χ4n) is 5.21. The fourth-order valence-corrected chi connectivity index (χ4v) is 5.21. The molecule has 2 heterocycles. The van der Waals surface area contributed by atoms with Crippen molar-refractivity contribution in [3.63, 3.8) is 0 Å². The van der Waals surface area contributed by atoms with Gasteiger partial charge in [0.05, 0.1) is 0 Å². The van der Waals surface area contributed by atoms with Crippen molar-refractivity contribution in [2.45, 2.75) is 64.9 Å². The number of ether oxygens (including phenoxy) is 1. The highest BCUT2D eigenvalue weighted by molar-refractivity contribution is 5.53. The normalized spacial score (nSPS) is 34.1. The summed E-state index contributed by atoms with van der Waals surface area (Å²) in [4.78, 5) is 0. The number of pyridine rings is 1. The van der Waals surface area contributed by atoms with E-state index in [1.165, 1.54) is 37.7 Å². The molecule has 0 amide bonds. The van der Waals surface area contributed by atoms with E-state index in [1.54, 1.807) is 0 Å². The van der Waals surface area contributed by atoms with Gasteiger partial charge in [-0.05, 0) is 49.4 Å². The summed E-state index contributed by atoms with van der Waals surface area (Å²) in [5, 5.41) is 8.18. The van der Waals surface area contributed by atoms with E-state index >= 15 is 0 Å². The van der Waals surface area contributed by atoms with Crippen LogP contribution in [0.25, 0.3) is 5.65 Å². The smallest absolute Gasteiger partial charge is 0.226 e. The summed E-state index contributed by atoms with van der Waals surface area (Å²) in [6.07, 6.45) is 8.66. The second kappa shape index (κ2) is 4.44. The summed E-state index contributed by atoms with van der Waals surface area (Å²) in [7, 11) is 0. The number of hydrogen-bond acceptors (Lipinski definition) is 4. The van der Waals surface area contributed by atoms with Gasteiger partial charge in [-0.25, -0.2) is 0 Å². The van der Waals surface area contributed by atoms with Crippen molar-refractivity contribution < 1.29 is 4.74 Å². The minimum Gasteiger partial charge on any atom is -0.489 e. The predicted molar refractivity (Wildman–Crippen MR) is 93.0 cm³/mol. The third-order valence-electron chi connectivity index (χ3n) is 7.56. The third kappa shape index (κ3) is 1.76. The van der Waals surface area contributed by atoms with Gasteiger partial charge in [0.15, 0.2) is 5.65 Å². The van der Waals surface area contributed by atoms with E-state index in [-0.39, 0.29) is 5.41 Å². The molecule has 3 atom stereocenters. The van der Waals surface area contributed by atoms with Crippen LogP contribution < -0.4 is 10.5 Å². The van der Waals surface area contributed by atoms with Gasteiger partial charge in [-0.1, -0.05) is 20.8 Å². The van der Waals surface area contributed by atoms with Crippen molar-refractivity contribution in [1.82, 2.24) is 14.6 Å². The molecule has 24 heavy (non-hydrogen) atoms. The van der Waals surface area contributed by atoms with Gasteiger partial charge in [0, 0.05) is 23.2 Å². The zero-order valence-electron chi connectivity index (χ0n) is 14.7. The van der Waals surface area contributed by atoms with Gasteiger partial charge < -0.3 is 10.5 Å². The number of aromatic nitrogens is 3. The number of nitrogens with two attached hydrogens (primary N) is 1. The highest BCUT2D eigenvalue weighted by Crippen LogP contribution is 2.66. The molecule has 0 aromatic carbocycles. The van der Waals surface area contributed by atoms with Gasteiger partial charge in [0.2, 0.25) is 5.95 Å². The maximum Gasteiger partial charge on any atom is 0.226 e. The highest BCUT2D eigenvalue weighted by Gasteiger charge is 2.62. The Morgan fingerprint density at radius 3 is 2.62 bits per heavy atom. The number of hydrogen-bond donors (Lipinski definition) is 1. The molecular formula is C19H26N4O. The van der Waals surface area contributed by atoms with Crippen LogP contribution in [0.2, 0.25) is 0 Å². The molecule has 5 nitrogen and oxygen atoms in total. The number of nitrogen functional groups attached to an aromatic ring is 1. The molecular weight excluding hydrogens is 300 g/mol. The van der Waals surface area contributed by atoms with Gasteiger partial charge in [-0.3, -0.25) is 4.40 Å². The van der Waals surface area contributed by atoms with Crippen molar-refractivity contribution in [1.29, 1.82) is 0 Å². The van der Waals surface area contributed by atoms with Crippen molar-refractivity contribution >= 4 is 11.6 Å². The molecule has 128 valence electrons. The first-order valence-electron chi connectivity index (χ1n) is 9.21. The minimum atomic E-state index is 0.261. The molecule has 3 aliphatic carbocycles. The Kier molecular flexibility index (Phi) is 2.69. The van der Waals surface area contributed by atoms with E-state index in [4.69, 9.17) is 10.5 Å². The summed E-state index contributed by atoms with van der Waals surface area (Å²) in [5.74, 6) is 2.84. The maximum atomic E-state index is 6.68. The molecule has 2 aromatic heterocycles. The van der Waals surface area contributed by atoms with Gasteiger partial charge >= 0.3 is 0 Å². The van der Waals surface area contributed by atoms with E-state index in [0.29, 0.717) is 23.4 Å². The summed E-state index contributed by atoms with van der Waals surface area (Å²) in [6, 6.07) is 2.04. The molecule has 3 aliphatic rings. The predicted octanol–water partition coefficient (Wildman–Crippen LogP) is 3.78. The second-order valence-corrected chi connectivity index (χ2v) is 8.87. The Morgan fingerprint density at radius 2 is 2.00 bits per heavy atom. The summed E-state index contributed by atoms with van der Waals surface area (Å²) in [5.41, 5.74) is 8.61. The average molecular weight is 326 g/mol. The van der Waals surface area contributed by atoms with Crippen LogP contribution >= 0.6 is 0 Å². The minimum absolute atomic E-state index is 0.261. The van der Waals surface area contributed by atoms with Gasteiger partial charge in [-0.15, -0.1) is 10.2 Å². The van der Waals surface area contributed by atoms with Crippen LogP contribution in [0.15, 0.2) is 12.3 Å². The van der Waals surface area contributed by atoms with Gasteiger partial charge in [-0.2, -0.15) is 0 Å². The van der Waals surface area contributed by atoms with Crippen molar-refractivity contribution in [3.8, 4) is 5.75 Å². The van der Waals surface area contributed by atoms with Crippen LogP contribution in [0.4, 0.5) is 5.95 Å². The first kappa shape index (κ1) is 14.6. The van der Waals surface area contributed by atoms with Crippen LogP contribution in [0.5, 0.6) is 5.75 Å². The monoisotopic (exact) mass is 326 g/mol. The summed E-state index contributed by atoms with van der Waals surface area (Å²) >= 11 is 0. The van der Waals surface area contributed by atoms with Crippen LogP contribution in [-0.4, -0.2) is 20.7 Å². The lowest BCUT2D eigenvalue weighted by molar-refractivity contribution is 0.0296. The SMILES string of the molecule is CC1(C)[C@H]2CC[C@@]1(C)[C@H](Oc1cc3nnc(N)n3cc1C1CC1)C2. The number of fused-ring (bicyclic) bond motifs is 3. The zero-order chi connectivity index (χ0) is 16.7. The molecule has 3 saturated carbocycles. The molecule has 0 unspecified atom stereocenters. The summed E-state index contributed by atoms with van der Waals surface area (Å²) in [6.45, 7) is 7.28. The standard InChI is InChI=1S/C19H26N4O/c1-18(2)12-6-7-19(18,3)15(8-12)24-14-9-16-21-22-17(20)23(16)10-13(14)11-4-5-11/h9-12,15H,4-8H2,1-3H3,(H2,20,22)/t12-,15+,19-/m0/s1. The van der Waals surface area contributed by atoms with E-state index < -0.39 is 0 Å². The molecule has 0 radical (unpaired) electrons. The van der Waals surface area contributed by atoms with E-state index in [1.807, 2.05) is 10.5 Å². The van der Waals surface area contributed by atoms with Crippen LogP contribution in [0, 0.1) is 16.7 Å².